The summed E-state index contributed by atoms with van der Waals surface area (Å²) in [4.78, 5) is 15.2. The zero-order chi connectivity index (χ0) is 28.3. The highest BCUT2D eigenvalue weighted by molar-refractivity contribution is 6.03. The van der Waals surface area contributed by atoms with Crippen LogP contribution in [0.2, 0.25) is 0 Å². The fourth-order valence-electron chi connectivity index (χ4n) is 4.68. The average Bonchev–Trinajstić information content (AvgIpc) is 3.48. The topological polar surface area (TPSA) is 98.8 Å². The summed E-state index contributed by atoms with van der Waals surface area (Å²) in [5.41, 5.74) is 5.99. The van der Waals surface area contributed by atoms with E-state index in [2.05, 4.69) is 69.1 Å². The number of halogens is 1. The number of carbonyl (C=O) groups excluding carboxylic acids is 1. The molecule has 2 amide bonds. The number of carbonyl (C=O) groups is 1. The van der Waals surface area contributed by atoms with Gasteiger partial charge in [0.25, 0.3) is 0 Å². The lowest BCUT2D eigenvalue weighted by Gasteiger charge is -2.30. The third-order valence-electron chi connectivity index (χ3n) is 6.64. The molecule has 0 unspecified atom stereocenters. The van der Waals surface area contributed by atoms with E-state index in [0.717, 1.165) is 33.6 Å². The maximum Gasteiger partial charge on any atom is 0.323 e. The predicted molar refractivity (Wildman–Crippen MR) is 157 cm³/mol. The van der Waals surface area contributed by atoms with Crippen molar-refractivity contribution in [1.29, 1.82) is 0 Å². The average molecular weight is 536 g/mol. The molecule has 202 valence electrons. The van der Waals surface area contributed by atoms with Gasteiger partial charge >= 0.3 is 6.03 Å². The van der Waals surface area contributed by atoms with Gasteiger partial charge in [-0.05, 0) is 62.9 Å². The number of hydrogen-bond donors (Lipinski definition) is 3. The monoisotopic (exact) mass is 535 g/mol. The molecule has 0 radical (unpaired) electrons. The molecule has 0 bridgehead atoms. The van der Waals surface area contributed by atoms with Crippen molar-refractivity contribution < 1.29 is 9.18 Å². The molecule has 40 heavy (non-hydrogen) atoms. The first-order valence-electron chi connectivity index (χ1n) is 12.9. The van der Waals surface area contributed by atoms with Gasteiger partial charge in [-0.3, -0.25) is 0 Å². The van der Waals surface area contributed by atoms with E-state index in [9.17, 15) is 9.18 Å². The number of aromatic nitrogens is 4. The van der Waals surface area contributed by atoms with Gasteiger partial charge in [-0.15, -0.1) is 5.10 Å². The molecule has 0 saturated carbocycles. The third-order valence-corrected chi connectivity index (χ3v) is 6.64. The first-order chi connectivity index (χ1) is 19.2. The molecule has 0 aliphatic carbocycles. The summed E-state index contributed by atoms with van der Waals surface area (Å²) in [6, 6.07) is 27.3. The third kappa shape index (κ3) is 5.54. The molecule has 0 aliphatic rings. The van der Waals surface area contributed by atoms with Gasteiger partial charge in [-0.2, -0.15) is 0 Å². The Hall–Kier alpha value is -5.05. The van der Waals surface area contributed by atoms with Crippen LogP contribution >= 0.6 is 0 Å². The molecule has 0 saturated heterocycles. The summed E-state index contributed by atoms with van der Waals surface area (Å²) in [5, 5.41) is 19.9. The number of H-pyrrole nitrogens is 1. The number of urea groups is 1. The van der Waals surface area contributed by atoms with Crippen LogP contribution in [0, 0.1) is 5.82 Å². The van der Waals surface area contributed by atoms with Crippen molar-refractivity contribution in [1.82, 2.24) is 20.6 Å². The van der Waals surface area contributed by atoms with Crippen LogP contribution in [-0.2, 0) is 5.41 Å². The van der Waals surface area contributed by atoms with Gasteiger partial charge in [0, 0.05) is 18.3 Å². The van der Waals surface area contributed by atoms with Crippen LogP contribution in [0.4, 0.5) is 31.9 Å². The van der Waals surface area contributed by atoms with E-state index in [-0.39, 0.29) is 11.1 Å². The summed E-state index contributed by atoms with van der Waals surface area (Å²) in [6.07, 6.45) is 0. The van der Waals surface area contributed by atoms with Crippen molar-refractivity contribution >= 4 is 28.8 Å². The number of nitrogens with zero attached hydrogens (tertiary/aromatic N) is 4. The van der Waals surface area contributed by atoms with Crippen molar-refractivity contribution in [3.05, 3.63) is 102 Å². The van der Waals surface area contributed by atoms with E-state index in [1.165, 1.54) is 12.1 Å². The smallest absolute Gasteiger partial charge is 0.323 e. The molecular formula is C31H30FN7O. The summed E-state index contributed by atoms with van der Waals surface area (Å²) < 4.78 is 14.3. The Morgan fingerprint density at radius 1 is 0.825 bits per heavy atom. The molecule has 0 spiro atoms. The van der Waals surface area contributed by atoms with Gasteiger partial charge in [0.15, 0.2) is 5.82 Å². The molecule has 5 rings (SSSR count). The first kappa shape index (κ1) is 26.6. The van der Waals surface area contributed by atoms with E-state index in [0.29, 0.717) is 11.5 Å². The number of nitrogens with one attached hydrogen (secondary N) is 3. The molecule has 0 fully saturated rings. The number of tetrazole rings is 1. The van der Waals surface area contributed by atoms with Crippen LogP contribution in [0.5, 0.6) is 0 Å². The summed E-state index contributed by atoms with van der Waals surface area (Å²) in [5.74, 6) is 0.0140. The van der Waals surface area contributed by atoms with E-state index in [1.54, 1.807) is 12.1 Å². The fraction of sp³-hybridized carbons (Fsp3) is 0.161. The van der Waals surface area contributed by atoms with Crippen LogP contribution in [-0.4, -0.2) is 33.7 Å². The van der Waals surface area contributed by atoms with Crippen LogP contribution in [0.3, 0.4) is 0 Å². The zero-order valence-electron chi connectivity index (χ0n) is 22.7. The standard InChI is InChI=1S/C31H30FN7O/c1-31(2,3)23-13-7-10-16-27(23)39(4)28-18-17-20(21-11-5-6-12-22(21)29-35-37-38-36-29)19-26(28)34-30(40)33-25-15-9-8-14-24(25)32/h5-19H,1-4H3,(H2,33,34,40)(H,35,36,37,38). The molecule has 8 nitrogen and oxygen atoms in total. The molecule has 5 aromatic rings. The molecular weight excluding hydrogens is 505 g/mol. The number of hydrogen-bond acceptors (Lipinski definition) is 5. The number of para-hydroxylation sites is 2. The van der Waals surface area contributed by atoms with Crippen molar-refractivity contribution in [3.63, 3.8) is 0 Å². The molecule has 0 aliphatic heterocycles. The second kappa shape index (κ2) is 11.0. The maximum absolute atomic E-state index is 14.3. The van der Waals surface area contributed by atoms with Crippen LogP contribution in [0.1, 0.15) is 26.3 Å². The quantitative estimate of drug-likeness (QED) is 0.211. The fourth-order valence-corrected chi connectivity index (χ4v) is 4.68. The molecule has 4 aromatic carbocycles. The van der Waals surface area contributed by atoms with E-state index in [1.807, 2.05) is 61.6 Å². The Labute approximate surface area is 232 Å². The summed E-state index contributed by atoms with van der Waals surface area (Å²) >= 11 is 0. The number of rotatable bonds is 6. The normalized spacial score (nSPS) is 11.2. The Kier molecular flexibility index (Phi) is 7.29. The number of aromatic amines is 1. The number of anilines is 4. The van der Waals surface area contributed by atoms with Crippen molar-refractivity contribution in [3.8, 4) is 22.5 Å². The molecule has 9 heteroatoms. The Balaban J connectivity index is 1.59. The SMILES string of the molecule is CN(c1ccc(-c2ccccc2-c2nnn[nH]2)cc1NC(=O)Nc1ccccc1F)c1ccccc1C(C)(C)C. The van der Waals surface area contributed by atoms with Crippen molar-refractivity contribution in [2.45, 2.75) is 26.2 Å². The minimum Gasteiger partial charge on any atom is -0.343 e. The van der Waals surface area contributed by atoms with E-state index in [4.69, 9.17) is 0 Å². The molecule has 1 heterocycles. The Bertz CT molecular complexity index is 1640. The van der Waals surface area contributed by atoms with Gasteiger partial charge in [0.1, 0.15) is 5.82 Å². The second-order valence-electron chi connectivity index (χ2n) is 10.4. The van der Waals surface area contributed by atoms with Gasteiger partial charge in [-0.25, -0.2) is 14.3 Å². The van der Waals surface area contributed by atoms with Crippen molar-refractivity contribution in [2.24, 2.45) is 0 Å². The zero-order valence-corrected chi connectivity index (χ0v) is 22.7. The van der Waals surface area contributed by atoms with Crippen molar-refractivity contribution in [2.75, 3.05) is 22.6 Å². The van der Waals surface area contributed by atoms with Gasteiger partial charge in [-0.1, -0.05) is 81.4 Å². The minimum absolute atomic E-state index is 0.0901. The summed E-state index contributed by atoms with van der Waals surface area (Å²) in [7, 11) is 1.97. The van der Waals surface area contributed by atoms with Crippen LogP contribution < -0.4 is 15.5 Å². The second-order valence-corrected chi connectivity index (χ2v) is 10.4. The number of amides is 2. The lowest BCUT2D eigenvalue weighted by atomic mass is 9.85. The highest BCUT2D eigenvalue weighted by atomic mass is 19.1. The van der Waals surface area contributed by atoms with Crippen LogP contribution in [0.15, 0.2) is 91.0 Å². The highest BCUT2D eigenvalue weighted by Gasteiger charge is 2.22. The Morgan fingerprint density at radius 2 is 1.50 bits per heavy atom. The molecule has 3 N–H and O–H groups in total. The molecule has 0 atom stereocenters. The Morgan fingerprint density at radius 3 is 2.23 bits per heavy atom. The lowest BCUT2D eigenvalue weighted by molar-refractivity contribution is 0.262. The van der Waals surface area contributed by atoms with Gasteiger partial charge in [0.05, 0.1) is 17.1 Å². The highest BCUT2D eigenvalue weighted by Crippen LogP contribution is 2.40. The predicted octanol–water partition coefficient (Wildman–Crippen LogP) is 7.38. The largest absolute Gasteiger partial charge is 0.343 e. The van der Waals surface area contributed by atoms with Gasteiger partial charge < -0.3 is 15.5 Å². The first-order valence-corrected chi connectivity index (χ1v) is 12.9. The van der Waals surface area contributed by atoms with E-state index < -0.39 is 11.8 Å². The maximum atomic E-state index is 14.3. The van der Waals surface area contributed by atoms with Crippen LogP contribution in [0.25, 0.3) is 22.5 Å². The number of benzene rings is 4. The summed E-state index contributed by atoms with van der Waals surface area (Å²) in [6.45, 7) is 6.50. The van der Waals surface area contributed by atoms with Gasteiger partial charge in [0.2, 0.25) is 0 Å². The minimum atomic E-state index is -0.561. The lowest BCUT2D eigenvalue weighted by Crippen LogP contribution is -2.23. The molecule has 1 aromatic heterocycles. The van der Waals surface area contributed by atoms with E-state index >= 15 is 0 Å².